The first-order chi connectivity index (χ1) is 15.0. The number of aromatic nitrogens is 3. The van der Waals surface area contributed by atoms with Gasteiger partial charge in [0.05, 0.1) is 12.2 Å². The second kappa shape index (κ2) is 7.59. The maximum atomic E-state index is 13.8. The van der Waals surface area contributed by atoms with Gasteiger partial charge in [-0.1, -0.05) is 30.3 Å². The molecule has 0 unspecified atom stereocenters. The zero-order valence-corrected chi connectivity index (χ0v) is 17.6. The summed E-state index contributed by atoms with van der Waals surface area (Å²) >= 11 is 0. The Kier molecular flexibility index (Phi) is 4.74. The Morgan fingerprint density at radius 2 is 1.74 bits per heavy atom. The number of anilines is 1. The second-order valence-electron chi connectivity index (χ2n) is 7.17. The molecule has 31 heavy (non-hydrogen) atoms. The largest absolute Gasteiger partial charge is 0.486 e. The van der Waals surface area contributed by atoms with Crippen LogP contribution < -0.4 is 13.8 Å². The number of aryl methyl sites for hydroxylation is 1. The number of rotatable bonds is 5. The molecular weight excluding hydrogens is 416 g/mol. The number of nitrogens with zero attached hydrogens (tertiary/aromatic N) is 4. The summed E-state index contributed by atoms with van der Waals surface area (Å²) in [6.07, 6.45) is 1.55. The molecule has 0 fully saturated rings. The molecule has 0 aliphatic carbocycles. The van der Waals surface area contributed by atoms with Crippen LogP contribution in [0.25, 0.3) is 5.65 Å². The quantitative estimate of drug-likeness (QED) is 0.478. The Morgan fingerprint density at radius 1 is 0.968 bits per heavy atom. The Hall–Kier alpha value is -3.59. The lowest BCUT2D eigenvalue weighted by Gasteiger charge is -2.26. The van der Waals surface area contributed by atoms with Crippen LogP contribution in [0.1, 0.15) is 11.4 Å². The van der Waals surface area contributed by atoms with Crippen LogP contribution in [0.4, 0.5) is 5.69 Å². The molecule has 0 bridgehead atoms. The maximum absolute atomic E-state index is 13.8. The van der Waals surface area contributed by atoms with Crippen LogP contribution in [0.5, 0.6) is 11.5 Å². The van der Waals surface area contributed by atoms with Crippen LogP contribution in [0.3, 0.4) is 0 Å². The van der Waals surface area contributed by atoms with E-state index in [9.17, 15) is 8.42 Å². The van der Waals surface area contributed by atoms with E-state index in [1.165, 1.54) is 4.31 Å². The highest BCUT2D eigenvalue weighted by atomic mass is 32.2. The van der Waals surface area contributed by atoms with Gasteiger partial charge in [0.2, 0.25) is 0 Å². The Labute approximate surface area is 179 Å². The Balaban J connectivity index is 1.62. The number of benzene rings is 2. The van der Waals surface area contributed by atoms with E-state index in [4.69, 9.17) is 9.47 Å². The molecule has 5 rings (SSSR count). The minimum atomic E-state index is -3.90. The first kappa shape index (κ1) is 19.4. The molecule has 0 saturated heterocycles. The molecule has 0 N–H and O–H groups in total. The van der Waals surface area contributed by atoms with Crippen molar-refractivity contribution in [3.05, 3.63) is 78.2 Å². The summed E-state index contributed by atoms with van der Waals surface area (Å²) in [6, 6.07) is 17.8. The van der Waals surface area contributed by atoms with Crippen LogP contribution in [0.2, 0.25) is 0 Å². The van der Waals surface area contributed by atoms with Gasteiger partial charge in [0, 0.05) is 12.3 Å². The molecule has 158 valence electrons. The van der Waals surface area contributed by atoms with Crippen LogP contribution in [-0.2, 0) is 16.6 Å². The number of sulfonamides is 1. The Morgan fingerprint density at radius 3 is 2.55 bits per heavy atom. The van der Waals surface area contributed by atoms with E-state index in [2.05, 4.69) is 10.2 Å². The fourth-order valence-electron chi connectivity index (χ4n) is 3.52. The molecule has 0 spiro atoms. The summed E-state index contributed by atoms with van der Waals surface area (Å²) in [4.78, 5) is 0.147. The van der Waals surface area contributed by atoms with Crippen molar-refractivity contribution in [1.82, 2.24) is 14.6 Å². The third-order valence-electron chi connectivity index (χ3n) is 5.12. The topological polar surface area (TPSA) is 86.0 Å². The van der Waals surface area contributed by atoms with Gasteiger partial charge in [-0.3, -0.25) is 8.71 Å². The summed E-state index contributed by atoms with van der Waals surface area (Å²) < 4.78 is 41.9. The van der Waals surface area contributed by atoms with Crippen molar-refractivity contribution in [2.24, 2.45) is 0 Å². The van der Waals surface area contributed by atoms with Crippen LogP contribution in [0.15, 0.2) is 71.8 Å². The average Bonchev–Trinajstić information content (AvgIpc) is 3.18. The van der Waals surface area contributed by atoms with Gasteiger partial charge in [-0.2, -0.15) is 0 Å². The highest BCUT2D eigenvalue weighted by Crippen LogP contribution is 2.36. The van der Waals surface area contributed by atoms with Gasteiger partial charge in [-0.15, -0.1) is 10.2 Å². The lowest BCUT2D eigenvalue weighted by Crippen LogP contribution is -2.31. The monoisotopic (exact) mass is 436 g/mol. The van der Waals surface area contributed by atoms with Gasteiger partial charge in [0.25, 0.3) is 10.0 Å². The fraction of sp³-hybridized carbons (Fsp3) is 0.182. The normalized spacial score (nSPS) is 13.3. The molecule has 8 nitrogen and oxygen atoms in total. The van der Waals surface area contributed by atoms with E-state index >= 15 is 0 Å². The highest BCUT2D eigenvalue weighted by Gasteiger charge is 2.27. The first-order valence-electron chi connectivity index (χ1n) is 9.80. The molecule has 3 heterocycles. The molecule has 0 radical (unpaired) electrons. The van der Waals surface area contributed by atoms with Gasteiger partial charge < -0.3 is 9.47 Å². The standard InChI is InChI=1S/C22H20N4O4S/c1-16-23-24-22-10-8-19(15-25(16)22)31(27,28)26(14-17-5-3-2-4-6-17)18-7-9-20-21(13-18)30-12-11-29-20/h2-10,13,15H,11-12,14H2,1H3. The molecule has 0 atom stereocenters. The van der Waals surface area contributed by atoms with Gasteiger partial charge in [-0.05, 0) is 36.8 Å². The van der Waals surface area contributed by atoms with E-state index < -0.39 is 10.0 Å². The van der Waals surface area contributed by atoms with Crippen molar-refractivity contribution in [3.8, 4) is 11.5 Å². The van der Waals surface area contributed by atoms with Gasteiger partial charge in [0.15, 0.2) is 17.1 Å². The summed E-state index contributed by atoms with van der Waals surface area (Å²) in [5.74, 6) is 1.75. The van der Waals surface area contributed by atoms with Crippen molar-refractivity contribution in [2.75, 3.05) is 17.5 Å². The molecule has 0 saturated carbocycles. The van der Waals surface area contributed by atoms with E-state index in [-0.39, 0.29) is 11.4 Å². The first-order valence-corrected chi connectivity index (χ1v) is 11.2. The van der Waals surface area contributed by atoms with E-state index in [1.54, 1.807) is 47.9 Å². The second-order valence-corrected chi connectivity index (χ2v) is 9.03. The summed E-state index contributed by atoms with van der Waals surface area (Å²) in [5, 5.41) is 8.05. The van der Waals surface area contributed by atoms with Crippen LogP contribution in [0, 0.1) is 6.92 Å². The predicted octanol–water partition coefficient (Wildman–Crippen LogP) is 3.20. The number of pyridine rings is 1. The third-order valence-corrected chi connectivity index (χ3v) is 6.87. The fourth-order valence-corrected chi connectivity index (χ4v) is 4.96. The SMILES string of the molecule is Cc1nnc2ccc(S(=O)(=O)N(Cc3ccccc3)c3ccc4c(c3)OCCO4)cn12. The average molecular weight is 436 g/mol. The van der Waals surface area contributed by atoms with Gasteiger partial charge >= 0.3 is 0 Å². The number of hydrogen-bond acceptors (Lipinski definition) is 6. The molecule has 2 aromatic carbocycles. The molecule has 2 aromatic heterocycles. The minimum Gasteiger partial charge on any atom is -0.486 e. The minimum absolute atomic E-state index is 0.147. The Bertz CT molecular complexity index is 1350. The smallest absolute Gasteiger partial charge is 0.266 e. The predicted molar refractivity (Wildman–Crippen MR) is 115 cm³/mol. The zero-order valence-electron chi connectivity index (χ0n) is 16.8. The van der Waals surface area contributed by atoms with E-state index in [0.29, 0.717) is 41.9 Å². The molecule has 4 aromatic rings. The van der Waals surface area contributed by atoms with Crippen molar-refractivity contribution >= 4 is 21.4 Å². The molecule has 9 heteroatoms. The van der Waals surface area contributed by atoms with Crippen molar-refractivity contribution in [2.45, 2.75) is 18.4 Å². The molecular formula is C22H20N4O4S. The van der Waals surface area contributed by atoms with Crippen molar-refractivity contribution < 1.29 is 17.9 Å². The third kappa shape index (κ3) is 3.57. The highest BCUT2D eigenvalue weighted by molar-refractivity contribution is 7.92. The molecule has 1 aliphatic rings. The molecule has 1 aliphatic heterocycles. The zero-order chi connectivity index (χ0) is 21.4. The van der Waals surface area contributed by atoms with Crippen molar-refractivity contribution in [3.63, 3.8) is 0 Å². The number of ether oxygens (including phenoxy) is 2. The van der Waals surface area contributed by atoms with Crippen molar-refractivity contribution in [1.29, 1.82) is 0 Å². The maximum Gasteiger partial charge on any atom is 0.266 e. The van der Waals surface area contributed by atoms with Crippen LogP contribution >= 0.6 is 0 Å². The van der Waals surface area contributed by atoms with Gasteiger partial charge in [0.1, 0.15) is 23.9 Å². The van der Waals surface area contributed by atoms with Gasteiger partial charge in [-0.25, -0.2) is 8.42 Å². The van der Waals surface area contributed by atoms with Crippen LogP contribution in [-0.4, -0.2) is 36.2 Å². The summed E-state index contributed by atoms with van der Waals surface area (Å²) in [6.45, 7) is 2.84. The van der Waals surface area contributed by atoms with E-state index in [0.717, 1.165) is 5.56 Å². The summed E-state index contributed by atoms with van der Waals surface area (Å²) in [5.41, 5.74) is 1.95. The van der Waals surface area contributed by atoms with E-state index in [1.807, 2.05) is 30.3 Å². The number of hydrogen-bond donors (Lipinski definition) is 0. The number of fused-ring (bicyclic) bond motifs is 2. The summed E-state index contributed by atoms with van der Waals surface area (Å²) in [7, 11) is -3.90. The lowest BCUT2D eigenvalue weighted by atomic mass is 10.2. The lowest BCUT2D eigenvalue weighted by molar-refractivity contribution is 0.171. The molecule has 0 amide bonds.